The Bertz CT molecular complexity index is 557. The molecule has 4 heteroatoms. The van der Waals surface area contributed by atoms with Crippen molar-refractivity contribution in [1.29, 1.82) is 0 Å². The Morgan fingerprint density at radius 2 is 1.95 bits per heavy atom. The third-order valence-electron chi connectivity index (χ3n) is 3.76. The molecule has 108 valence electrons. The van der Waals surface area contributed by atoms with E-state index in [2.05, 4.69) is 60.0 Å². The highest BCUT2D eigenvalue weighted by molar-refractivity contribution is 9.10. The van der Waals surface area contributed by atoms with Crippen LogP contribution in [0.2, 0.25) is 0 Å². The second-order valence-corrected chi connectivity index (χ2v) is 6.56. The molecule has 0 saturated carbocycles. The lowest BCUT2D eigenvalue weighted by Gasteiger charge is -2.24. The molecule has 20 heavy (non-hydrogen) atoms. The summed E-state index contributed by atoms with van der Waals surface area (Å²) >= 11 is 3.45. The van der Waals surface area contributed by atoms with Crippen LogP contribution in [0.15, 0.2) is 41.0 Å². The quantitative estimate of drug-likeness (QED) is 0.896. The summed E-state index contributed by atoms with van der Waals surface area (Å²) < 4.78 is 3.09. The third-order valence-corrected chi connectivity index (χ3v) is 4.29. The fourth-order valence-corrected chi connectivity index (χ4v) is 2.48. The van der Waals surface area contributed by atoms with Crippen molar-refractivity contribution in [2.75, 3.05) is 0 Å². The van der Waals surface area contributed by atoms with Crippen LogP contribution in [0.3, 0.4) is 0 Å². The zero-order chi connectivity index (χ0) is 14.8. The van der Waals surface area contributed by atoms with Crippen LogP contribution in [0.25, 0.3) is 0 Å². The first-order valence-electron chi connectivity index (χ1n) is 7.01. The first kappa shape index (κ1) is 15.3. The van der Waals surface area contributed by atoms with Crippen LogP contribution >= 0.6 is 15.9 Å². The average Bonchev–Trinajstić information content (AvgIpc) is 2.86. The van der Waals surface area contributed by atoms with E-state index in [1.54, 1.807) is 0 Å². The van der Waals surface area contributed by atoms with Gasteiger partial charge >= 0.3 is 0 Å². The van der Waals surface area contributed by atoms with Crippen LogP contribution in [0.4, 0.5) is 0 Å². The molecule has 0 bridgehead atoms. The number of aromatic nitrogens is 2. The lowest BCUT2D eigenvalue weighted by atomic mass is 9.88. The highest BCUT2D eigenvalue weighted by Gasteiger charge is 2.23. The first-order valence-corrected chi connectivity index (χ1v) is 7.80. The monoisotopic (exact) mass is 335 g/mol. The number of rotatable bonds is 5. The highest BCUT2D eigenvalue weighted by atomic mass is 79.9. The molecule has 0 saturated heterocycles. The second kappa shape index (κ2) is 6.10. The Balaban J connectivity index is 2.15. The topological polar surface area (TPSA) is 43.8 Å². The van der Waals surface area contributed by atoms with E-state index in [1.807, 2.05) is 23.0 Å². The molecule has 2 unspecified atom stereocenters. The second-order valence-electron chi connectivity index (χ2n) is 5.65. The molecule has 1 heterocycles. The molecule has 1 aromatic carbocycles. The van der Waals surface area contributed by atoms with E-state index in [9.17, 15) is 0 Å². The largest absolute Gasteiger partial charge is 0.321 e. The van der Waals surface area contributed by atoms with Crippen LogP contribution in [0.5, 0.6) is 0 Å². The van der Waals surface area contributed by atoms with Crippen LogP contribution in [-0.4, -0.2) is 9.78 Å². The number of halogens is 1. The predicted octanol–water partition coefficient (Wildman–Crippen LogP) is 4.03. The van der Waals surface area contributed by atoms with Gasteiger partial charge in [-0.25, -0.2) is 0 Å². The summed E-state index contributed by atoms with van der Waals surface area (Å²) in [5.74, 6) is 0. The van der Waals surface area contributed by atoms with E-state index in [0.29, 0.717) is 6.04 Å². The summed E-state index contributed by atoms with van der Waals surface area (Å²) in [6, 6.07) is 10.7. The molecular formula is C16H22BrN3. The Hall–Kier alpha value is -1.13. The molecule has 0 aliphatic rings. The van der Waals surface area contributed by atoms with Gasteiger partial charge in [0, 0.05) is 28.7 Å². The number of hydrogen-bond acceptors (Lipinski definition) is 2. The summed E-state index contributed by atoms with van der Waals surface area (Å²) in [6.45, 7) is 6.40. The van der Waals surface area contributed by atoms with Gasteiger partial charge in [-0.15, -0.1) is 0 Å². The van der Waals surface area contributed by atoms with Crippen LogP contribution in [0, 0.1) is 0 Å². The van der Waals surface area contributed by atoms with Gasteiger partial charge in [0.25, 0.3) is 0 Å². The Labute approximate surface area is 129 Å². The minimum Gasteiger partial charge on any atom is -0.321 e. The van der Waals surface area contributed by atoms with E-state index < -0.39 is 5.54 Å². The molecule has 0 radical (unpaired) electrons. The number of hydrogen-bond donors (Lipinski definition) is 1. The molecule has 2 atom stereocenters. The number of nitrogens with zero attached hydrogens (tertiary/aromatic N) is 2. The summed E-state index contributed by atoms with van der Waals surface area (Å²) in [6.07, 6.45) is 3.85. The van der Waals surface area contributed by atoms with Crippen LogP contribution in [0.1, 0.15) is 44.5 Å². The summed E-state index contributed by atoms with van der Waals surface area (Å²) in [7, 11) is 0. The average molecular weight is 336 g/mol. The van der Waals surface area contributed by atoms with Gasteiger partial charge in [0.15, 0.2) is 0 Å². The van der Waals surface area contributed by atoms with Crippen molar-refractivity contribution < 1.29 is 0 Å². The molecule has 3 nitrogen and oxygen atoms in total. The van der Waals surface area contributed by atoms with E-state index in [1.165, 1.54) is 0 Å². The first-order chi connectivity index (χ1) is 9.42. The van der Waals surface area contributed by atoms with E-state index in [0.717, 1.165) is 28.6 Å². The fraction of sp³-hybridized carbons (Fsp3) is 0.438. The van der Waals surface area contributed by atoms with Crippen molar-refractivity contribution in [3.05, 3.63) is 52.3 Å². The smallest absolute Gasteiger partial charge is 0.0646 e. The van der Waals surface area contributed by atoms with E-state index >= 15 is 0 Å². The minimum atomic E-state index is -0.407. The van der Waals surface area contributed by atoms with Gasteiger partial charge in [0.1, 0.15) is 0 Å². The molecular weight excluding hydrogens is 314 g/mol. The molecule has 2 N–H and O–H groups in total. The molecule has 2 aromatic rings. The van der Waals surface area contributed by atoms with Gasteiger partial charge in [0.2, 0.25) is 0 Å². The number of benzene rings is 1. The lowest BCUT2D eigenvalue weighted by molar-refractivity contribution is 0.451. The highest BCUT2D eigenvalue weighted by Crippen LogP contribution is 2.24. The standard InChI is InChI=1S/C16H22BrN3/c1-4-12(2)20-10-9-15(19-20)11-16(3,18)13-5-7-14(17)8-6-13/h5-10,12H,4,11,18H2,1-3H3. The third kappa shape index (κ3) is 3.49. The van der Waals surface area contributed by atoms with Crippen LogP contribution in [-0.2, 0) is 12.0 Å². The van der Waals surface area contributed by atoms with Crippen molar-refractivity contribution in [2.45, 2.75) is 45.2 Å². The lowest BCUT2D eigenvalue weighted by Crippen LogP contribution is -2.35. The Kier molecular flexibility index (Phi) is 4.66. The molecule has 0 aliphatic carbocycles. The SMILES string of the molecule is CCC(C)n1ccc(CC(C)(N)c2ccc(Br)cc2)n1. The van der Waals surface area contributed by atoms with Crippen molar-refractivity contribution in [3.8, 4) is 0 Å². The van der Waals surface area contributed by atoms with Crippen molar-refractivity contribution in [1.82, 2.24) is 9.78 Å². The maximum atomic E-state index is 6.47. The normalized spacial score (nSPS) is 15.8. The fourth-order valence-electron chi connectivity index (χ4n) is 2.21. The molecule has 0 fully saturated rings. The van der Waals surface area contributed by atoms with Gasteiger partial charge in [-0.2, -0.15) is 5.10 Å². The molecule has 2 rings (SSSR count). The Morgan fingerprint density at radius 1 is 1.30 bits per heavy atom. The molecule has 0 aliphatic heterocycles. The Morgan fingerprint density at radius 3 is 2.55 bits per heavy atom. The van der Waals surface area contributed by atoms with Gasteiger partial charge < -0.3 is 5.73 Å². The zero-order valence-corrected chi connectivity index (χ0v) is 13.9. The molecule has 1 aromatic heterocycles. The van der Waals surface area contributed by atoms with Crippen molar-refractivity contribution in [2.24, 2.45) is 5.73 Å². The summed E-state index contributed by atoms with van der Waals surface area (Å²) in [5.41, 5.74) is 8.23. The molecule has 0 amide bonds. The summed E-state index contributed by atoms with van der Waals surface area (Å²) in [4.78, 5) is 0. The van der Waals surface area contributed by atoms with Crippen LogP contribution < -0.4 is 5.73 Å². The molecule has 0 spiro atoms. The maximum absolute atomic E-state index is 6.47. The minimum absolute atomic E-state index is 0.407. The van der Waals surface area contributed by atoms with Gasteiger partial charge in [-0.1, -0.05) is 35.0 Å². The van der Waals surface area contributed by atoms with Gasteiger partial charge in [-0.05, 0) is 44.0 Å². The zero-order valence-electron chi connectivity index (χ0n) is 12.3. The van der Waals surface area contributed by atoms with Crippen molar-refractivity contribution >= 4 is 15.9 Å². The van der Waals surface area contributed by atoms with E-state index in [4.69, 9.17) is 5.73 Å². The van der Waals surface area contributed by atoms with Crippen molar-refractivity contribution in [3.63, 3.8) is 0 Å². The van der Waals surface area contributed by atoms with E-state index in [-0.39, 0.29) is 0 Å². The van der Waals surface area contributed by atoms with Gasteiger partial charge in [0.05, 0.1) is 5.69 Å². The maximum Gasteiger partial charge on any atom is 0.0646 e. The van der Waals surface area contributed by atoms with Gasteiger partial charge in [-0.3, -0.25) is 4.68 Å². The summed E-state index contributed by atoms with van der Waals surface area (Å²) in [5, 5.41) is 4.64. The number of nitrogens with two attached hydrogens (primary N) is 1. The predicted molar refractivity (Wildman–Crippen MR) is 86.6 cm³/mol.